The smallest absolute Gasteiger partial charge is 0.261 e. The van der Waals surface area contributed by atoms with Gasteiger partial charge in [-0.2, -0.15) is 0 Å². The van der Waals surface area contributed by atoms with E-state index in [1.54, 1.807) is 24.8 Å². The van der Waals surface area contributed by atoms with Crippen molar-refractivity contribution in [3.63, 3.8) is 0 Å². The monoisotopic (exact) mass is 440 g/mol. The number of carbonyl (C=O) groups is 1. The molecule has 0 saturated heterocycles. The lowest BCUT2D eigenvalue weighted by Crippen LogP contribution is -2.32. The van der Waals surface area contributed by atoms with Crippen LogP contribution < -0.4 is 5.56 Å². The average molecular weight is 441 g/mol. The van der Waals surface area contributed by atoms with Crippen LogP contribution in [0.2, 0.25) is 0 Å². The number of benzene rings is 2. The normalized spacial score (nSPS) is 11.0. The van der Waals surface area contributed by atoms with Crippen molar-refractivity contribution in [1.29, 1.82) is 0 Å². The predicted molar refractivity (Wildman–Crippen MR) is 130 cm³/mol. The van der Waals surface area contributed by atoms with Gasteiger partial charge < -0.3 is 4.90 Å². The second-order valence-corrected chi connectivity index (χ2v) is 8.25. The molecule has 0 spiro atoms. The summed E-state index contributed by atoms with van der Waals surface area (Å²) in [5.41, 5.74) is 4.86. The van der Waals surface area contributed by atoms with E-state index in [4.69, 9.17) is 0 Å². The predicted octanol–water partition coefficient (Wildman–Crippen LogP) is 4.28. The third-order valence-corrected chi connectivity index (χ3v) is 5.88. The van der Waals surface area contributed by atoms with Crippen molar-refractivity contribution in [1.82, 2.24) is 19.4 Å². The highest BCUT2D eigenvalue weighted by Crippen LogP contribution is 2.14. The van der Waals surface area contributed by atoms with Gasteiger partial charge in [0.25, 0.3) is 5.56 Å². The van der Waals surface area contributed by atoms with Crippen LogP contribution in [-0.4, -0.2) is 25.3 Å². The molecule has 4 rings (SSSR count). The van der Waals surface area contributed by atoms with Crippen LogP contribution in [-0.2, 0) is 30.8 Å². The maximum atomic E-state index is 13.2. The van der Waals surface area contributed by atoms with E-state index in [0.717, 1.165) is 23.1 Å². The molecule has 0 radical (unpaired) electrons. The Morgan fingerprint density at radius 1 is 0.970 bits per heavy atom. The van der Waals surface area contributed by atoms with Crippen molar-refractivity contribution in [3.8, 4) is 0 Å². The molecule has 0 bridgehead atoms. The maximum Gasteiger partial charge on any atom is 0.261 e. The number of rotatable bonds is 8. The third-order valence-electron chi connectivity index (χ3n) is 5.88. The first-order valence-corrected chi connectivity index (χ1v) is 11.2. The maximum absolute atomic E-state index is 13.2. The van der Waals surface area contributed by atoms with Crippen LogP contribution in [0.5, 0.6) is 0 Å². The van der Waals surface area contributed by atoms with Gasteiger partial charge in [0.05, 0.1) is 17.2 Å². The molecule has 0 aliphatic heterocycles. The molecule has 0 aliphatic rings. The second-order valence-electron chi connectivity index (χ2n) is 8.25. The van der Waals surface area contributed by atoms with Gasteiger partial charge in [0.2, 0.25) is 5.91 Å². The molecular formula is C27H28N4O2. The number of amides is 1. The van der Waals surface area contributed by atoms with E-state index >= 15 is 0 Å². The molecular weight excluding hydrogens is 412 g/mol. The Balaban J connectivity index is 1.52. The van der Waals surface area contributed by atoms with E-state index in [1.807, 2.05) is 36.1 Å². The van der Waals surface area contributed by atoms with Crippen LogP contribution in [0.25, 0.3) is 10.9 Å². The zero-order chi connectivity index (χ0) is 23.2. The highest BCUT2D eigenvalue weighted by atomic mass is 16.2. The second kappa shape index (κ2) is 10.2. The van der Waals surface area contributed by atoms with Gasteiger partial charge in [0.15, 0.2) is 0 Å². The molecule has 0 N–H and O–H groups in total. The number of hydrogen-bond acceptors (Lipinski definition) is 4. The summed E-state index contributed by atoms with van der Waals surface area (Å²) in [5.74, 6) is -0.0188. The van der Waals surface area contributed by atoms with Gasteiger partial charge >= 0.3 is 0 Å². The number of aromatic nitrogens is 3. The summed E-state index contributed by atoms with van der Waals surface area (Å²) in [6.07, 6.45) is 6.24. The largest absolute Gasteiger partial charge is 0.334 e. The third kappa shape index (κ3) is 5.34. The molecule has 0 saturated carbocycles. The van der Waals surface area contributed by atoms with Crippen LogP contribution in [0.1, 0.15) is 35.6 Å². The van der Waals surface area contributed by atoms with Gasteiger partial charge in [-0.3, -0.25) is 19.1 Å². The summed E-state index contributed by atoms with van der Waals surface area (Å²) >= 11 is 0. The first-order chi connectivity index (χ1) is 16.0. The van der Waals surface area contributed by atoms with E-state index in [0.29, 0.717) is 24.0 Å². The van der Waals surface area contributed by atoms with Crippen LogP contribution in [0, 0.1) is 6.92 Å². The van der Waals surface area contributed by atoms with Gasteiger partial charge in [-0.25, -0.2) is 4.98 Å². The van der Waals surface area contributed by atoms with E-state index in [-0.39, 0.29) is 24.4 Å². The zero-order valence-corrected chi connectivity index (χ0v) is 19.1. The number of nitrogens with zero attached hydrogens (tertiary/aromatic N) is 4. The molecule has 168 valence electrons. The van der Waals surface area contributed by atoms with Crippen molar-refractivity contribution in [3.05, 3.63) is 106 Å². The van der Waals surface area contributed by atoms with E-state index in [1.165, 1.54) is 10.1 Å². The molecule has 4 aromatic rings. The summed E-state index contributed by atoms with van der Waals surface area (Å²) in [6, 6.07) is 17.8. The van der Waals surface area contributed by atoms with Crippen LogP contribution in [0.15, 0.2) is 78.1 Å². The molecule has 0 unspecified atom stereocenters. The molecule has 2 aromatic heterocycles. The molecule has 6 heteroatoms. The van der Waals surface area contributed by atoms with Gasteiger partial charge in [-0.1, -0.05) is 49.4 Å². The first-order valence-electron chi connectivity index (χ1n) is 11.2. The minimum absolute atomic E-state index is 0.0188. The topological polar surface area (TPSA) is 68.1 Å². The lowest BCUT2D eigenvalue weighted by Gasteiger charge is -2.23. The van der Waals surface area contributed by atoms with Gasteiger partial charge in [0.1, 0.15) is 0 Å². The Labute approximate surface area is 193 Å². The Morgan fingerprint density at radius 3 is 2.45 bits per heavy atom. The zero-order valence-electron chi connectivity index (χ0n) is 19.1. The SMILES string of the molecule is CCc1ccc(CN(Cc2cccnc2)C(=O)CCn2cnc3c(C)cccc3c2=O)cc1. The lowest BCUT2D eigenvalue weighted by atomic mass is 10.1. The fraction of sp³-hybridized carbons (Fsp3) is 0.259. The average Bonchev–Trinajstić information content (AvgIpc) is 2.84. The van der Waals surface area contributed by atoms with Crippen molar-refractivity contribution in [2.24, 2.45) is 0 Å². The van der Waals surface area contributed by atoms with Crippen LogP contribution in [0.3, 0.4) is 0 Å². The summed E-state index contributed by atoms with van der Waals surface area (Å²) in [7, 11) is 0. The number of pyridine rings is 1. The molecule has 33 heavy (non-hydrogen) atoms. The molecule has 6 nitrogen and oxygen atoms in total. The number of fused-ring (bicyclic) bond motifs is 1. The Morgan fingerprint density at radius 2 is 1.73 bits per heavy atom. The molecule has 0 atom stereocenters. The Bertz CT molecular complexity index is 1300. The Hall–Kier alpha value is -3.80. The quantitative estimate of drug-likeness (QED) is 0.410. The molecule has 2 heterocycles. The fourth-order valence-corrected chi connectivity index (χ4v) is 3.92. The number of carbonyl (C=O) groups excluding carboxylic acids is 1. The number of para-hydroxylation sites is 1. The van der Waals surface area contributed by atoms with Gasteiger partial charge in [-0.05, 0) is 47.7 Å². The highest BCUT2D eigenvalue weighted by molar-refractivity contribution is 5.80. The van der Waals surface area contributed by atoms with Gasteiger partial charge in [0, 0.05) is 38.4 Å². The van der Waals surface area contributed by atoms with E-state index in [2.05, 4.69) is 41.2 Å². The minimum Gasteiger partial charge on any atom is -0.334 e. The van der Waals surface area contributed by atoms with Crippen LogP contribution in [0.4, 0.5) is 0 Å². The van der Waals surface area contributed by atoms with E-state index in [9.17, 15) is 9.59 Å². The summed E-state index contributed by atoms with van der Waals surface area (Å²) in [6.45, 7) is 5.31. The molecule has 2 aromatic carbocycles. The molecule has 1 amide bonds. The van der Waals surface area contributed by atoms with Crippen molar-refractivity contribution in [2.75, 3.05) is 0 Å². The summed E-state index contributed by atoms with van der Waals surface area (Å²) < 4.78 is 1.53. The summed E-state index contributed by atoms with van der Waals surface area (Å²) in [4.78, 5) is 36.6. The first kappa shape index (κ1) is 22.4. The molecule has 0 aliphatic carbocycles. The van der Waals surface area contributed by atoms with Crippen LogP contribution >= 0.6 is 0 Å². The number of hydrogen-bond donors (Lipinski definition) is 0. The van der Waals surface area contributed by atoms with Crippen molar-refractivity contribution in [2.45, 2.75) is 46.3 Å². The highest BCUT2D eigenvalue weighted by Gasteiger charge is 2.16. The number of aryl methyl sites for hydroxylation is 3. The molecule has 0 fully saturated rings. The standard InChI is InChI=1S/C27H28N4O2/c1-3-21-9-11-22(12-10-21)17-31(18-23-7-5-14-28-16-23)25(32)13-15-30-19-29-26-20(2)6-4-8-24(26)27(30)33/h4-12,14,16,19H,3,13,15,17-18H2,1-2H3. The van der Waals surface area contributed by atoms with Crippen molar-refractivity contribution >= 4 is 16.8 Å². The lowest BCUT2D eigenvalue weighted by molar-refractivity contribution is -0.132. The Kier molecular flexibility index (Phi) is 6.93. The van der Waals surface area contributed by atoms with E-state index < -0.39 is 0 Å². The minimum atomic E-state index is -0.120. The summed E-state index contributed by atoms with van der Waals surface area (Å²) in [5, 5.41) is 0.577. The van der Waals surface area contributed by atoms with Gasteiger partial charge in [-0.15, -0.1) is 0 Å². The fourth-order valence-electron chi connectivity index (χ4n) is 3.92. The van der Waals surface area contributed by atoms with Crippen molar-refractivity contribution < 1.29 is 4.79 Å².